The van der Waals surface area contributed by atoms with E-state index in [-0.39, 0.29) is 0 Å². The maximum atomic E-state index is 12.7. The lowest BCUT2D eigenvalue weighted by Gasteiger charge is -2.11. The van der Waals surface area contributed by atoms with Gasteiger partial charge < -0.3 is 0 Å². The predicted octanol–water partition coefficient (Wildman–Crippen LogP) is 2.69. The zero-order valence-electron chi connectivity index (χ0n) is 8.91. The number of carbonyl (C=O) groups excluding carboxylic acids is 1. The Balaban J connectivity index is 3.80. The van der Waals surface area contributed by atoms with Crippen LogP contribution in [0.2, 0.25) is 0 Å². The second-order valence-electron chi connectivity index (χ2n) is 3.31. The number of rotatable bonds is 2. The average Bonchev–Trinajstić information content (AvgIpc) is 2.25. The second kappa shape index (κ2) is 4.44. The lowest BCUT2D eigenvalue weighted by molar-refractivity contribution is -0.388. The summed E-state index contributed by atoms with van der Waals surface area (Å²) in [6, 6.07) is 2.61. The highest BCUT2D eigenvalue weighted by Crippen LogP contribution is 2.39. The van der Waals surface area contributed by atoms with Crippen LogP contribution in [0.3, 0.4) is 0 Å². The molecule has 0 heterocycles. The zero-order chi connectivity index (χ0) is 14.1. The highest BCUT2D eigenvalue weighted by Gasteiger charge is 2.42. The van der Waals surface area contributed by atoms with Crippen molar-refractivity contribution in [3.8, 4) is 6.07 Å². The number of hydrogen-bond acceptors (Lipinski definition) is 4. The summed E-state index contributed by atoms with van der Waals surface area (Å²) in [6.45, 7) is 0.974. The number of nitrogens with zero attached hydrogens (tertiary/aromatic N) is 2. The standard InChI is InChI=1S/C10H5F3N2O3/c1-5(16)6-2-3-8(15(17)18)9(7(6)4-14)10(11,12)13/h2-3H,1H3. The number of nitro groups is 1. The van der Waals surface area contributed by atoms with E-state index in [1.54, 1.807) is 0 Å². The first kappa shape index (κ1) is 13.6. The van der Waals surface area contributed by atoms with Crippen molar-refractivity contribution in [3.63, 3.8) is 0 Å². The first-order valence-corrected chi connectivity index (χ1v) is 4.49. The van der Waals surface area contributed by atoms with Gasteiger partial charge in [0.1, 0.15) is 6.07 Å². The highest BCUT2D eigenvalue weighted by molar-refractivity contribution is 5.97. The summed E-state index contributed by atoms with van der Waals surface area (Å²) >= 11 is 0. The molecule has 0 amide bonds. The van der Waals surface area contributed by atoms with Gasteiger partial charge >= 0.3 is 6.18 Å². The van der Waals surface area contributed by atoms with Crippen LogP contribution >= 0.6 is 0 Å². The summed E-state index contributed by atoms with van der Waals surface area (Å²) in [4.78, 5) is 20.4. The lowest BCUT2D eigenvalue weighted by atomic mass is 9.97. The van der Waals surface area contributed by atoms with E-state index in [0.29, 0.717) is 6.07 Å². The van der Waals surface area contributed by atoms with Gasteiger partial charge in [-0.2, -0.15) is 18.4 Å². The fourth-order valence-corrected chi connectivity index (χ4v) is 1.44. The molecular weight excluding hydrogens is 253 g/mol. The first-order valence-electron chi connectivity index (χ1n) is 4.49. The molecule has 0 fully saturated rings. The molecule has 0 aliphatic carbocycles. The summed E-state index contributed by atoms with van der Waals surface area (Å²) in [5.41, 5.74) is -4.45. The van der Waals surface area contributed by atoms with E-state index < -0.39 is 39.3 Å². The summed E-state index contributed by atoms with van der Waals surface area (Å²) in [5, 5.41) is 19.2. The minimum Gasteiger partial charge on any atom is -0.294 e. The third-order valence-electron chi connectivity index (χ3n) is 2.15. The molecule has 0 N–H and O–H groups in total. The van der Waals surface area contributed by atoms with Gasteiger partial charge in [0.05, 0.1) is 10.5 Å². The Labute approximate surface area is 98.6 Å². The van der Waals surface area contributed by atoms with Gasteiger partial charge in [0.25, 0.3) is 5.69 Å². The van der Waals surface area contributed by atoms with E-state index >= 15 is 0 Å². The van der Waals surface area contributed by atoms with Crippen LogP contribution < -0.4 is 0 Å². The van der Waals surface area contributed by atoms with E-state index in [2.05, 4.69) is 0 Å². The van der Waals surface area contributed by atoms with Crippen molar-refractivity contribution in [2.75, 3.05) is 0 Å². The fourth-order valence-electron chi connectivity index (χ4n) is 1.44. The minimum absolute atomic E-state index is 0.490. The van der Waals surface area contributed by atoms with E-state index in [9.17, 15) is 28.1 Å². The van der Waals surface area contributed by atoms with Crippen molar-refractivity contribution in [3.05, 3.63) is 38.9 Å². The minimum atomic E-state index is -5.08. The largest absolute Gasteiger partial charge is 0.424 e. The van der Waals surface area contributed by atoms with Crippen molar-refractivity contribution in [1.29, 1.82) is 5.26 Å². The van der Waals surface area contributed by atoms with Gasteiger partial charge in [-0.25, -0.2) is 0 Å². The van der Waals surface area contributed by atoms with E-state index in [1.807, 2.05) is 0 Å². The first-order chi connectivity index (χ1) is 8.20. The number of Topliss-reactive ketones (excluding diaryl/α,β-unsaturated/α-hetero) is 1. The van der Waals surface area contributed by atoms with Gasteiger partial charge in [0.2, 0.25) is 0 Å². The molecule has 0 aliphatic heterocycles. The summed E-state index contributed by atoms with van der Waals surface area (Å²) < 4.78 is 38.2. The Kier molecular flexibility index (Phi) is 3.37. The topological polar surface area (TPSA) is 84.0 Å². The molecule has 1 aromatic carbocycles. The molecular formula is C10H5F3N2O3. The molecule has 0 radical (unpaired) electrons. The Hall–Kier alpha value is -2.43. The molecule has 0 bridgehead atoms. The quantitative estimate of drug-likeness (QED) is 0.463. The van der Waals surface area contributed by atoms with Gasteiger partial charge in [0.15, 0.2) is 11.3 Å². The lowest BCUT2D eigenvalue weighted by Crippen LogP contribution is -2.14. The molecule has 8 heteroatoms. The Morgan fingerprint density at radius 2 is 2.00 bits per heavy atom. The third-order valence-corrected chi connectivity index (χ3v) is 2.15. The summed E-state index contributed by atoms with van der Waals surface area (Å²) in [6.07, 6.45) is -5.08. The van der Waals surface area contributed by atoms with Crippen molar-refractivity contribution in [1.82, 2.24) is 0 Å². The molecule has 0 saturated heterocycles. The molecule has 1 aromatic rings. The number of hydrogen-bond donors (Lipinski definition) is 0. The van der Waals surface area contributed by atoms with Crippen LogP contribution in [0.25, 0.3) is 0 Å². The van der Waals surface area contributed by atoms with Gasteiger partial charge in [-0.05, 0) is 13.0 Å². The Morgan fingerprint density at radius 3 is 2.33 bits per heavy atom. The number of nitriles is 1. The van der Waals surface area contributed by atoms with Crippen molar-refractivity contribution < 1.29 is 22.9 Å². The molecule has 0 aliphatic rings. The van der Waals surface area contributed by atoms with Gasteiger partial charge in [-0.15, -0.1) is 0 Å². The third kappa shape index (κ3) is 2.29. The van der Waals surface area contributed by atoms with Crippen LogP contribution in [0, 0.1) is 21.4 Å². The van der Waals surface area contributed by atoms with Crippen LogP contribution in [-0.2, 0) is 6.18 Å². The number of benzene rings is 1. The second-order valence-corrected chi connectivity index (χ2v) is 3.31. The normalized spacial score (nSPS) is 10.8. The maximum absolute atomic E-state index is 12.7. The summed E-state index contributed by atoms with van der Waals surface area (Å²) in [5.74, 6) is -0.771. The van der Waals surface area contributed by atoms with Crippen LogP contribution in [0.15, 0.2) is 12.1 Å². The molecule has 0 atom stereocenters. The SMILES string of the molecule is CC(=O)c1ccc([N+](=O)[O-])c(C(F)(F)F)c1C#N. The van der Waals surface area contributed by atoms with E-state index in [0.717, 1.165) is 13.0 Å². The van der Waals surface area contributed by atoms with Crippen LogP contribution in [-0.4, -0.2) is 10.7 Å². The number of alkyl halides is 3. The van der Waals surface area contributed by atoms with Crippen LogP contribution in [0.5, 0.6) is 0 Å². The Morgan fingerprint density at radius 1 is 1.44 bits per heavy atom. The van der Waals surface area contributed by atoms with Crippen LogP contribution in [0.1, 0.15) is 28.4 Å². The van der Waals surface area contributed by atoms with Crippen molar-refractivity contribution >= 4 is 11.5 Å². The number of halogens is 3. The number of ketones is 1. The molecule has 0 aromatic heterocycles. The smallest absolute Gasteiger partial charge is 0.294 e. The van der Waals surface area contributed by atoms with Crippen molar-refractivity contribution in [2.24, 2.45) is 0 Å². The maximum Gasteiger partial charge on any atom is 0.424 e. The zero-order valence-corrected chi connectivity index (χ0v) is 8.91. The summed E-state index contributed by atoms with van der Waals surface area (Å²) in [7, 11) is 0. The molecule has 18 heavy (non-hydrogen) atoms. The fraction of sp³-hybridized carbons (Fsp3) is 0.200. The number of carbonyl (C=O) groups is 1. The number of nitro benzene ring substituents is 1. The molecule has 0 unspecified atom stereocenters. The Bertz CT molecular complexity index is 573. The molecule has 0 spiro atoms. The molecule has 5 nitrogen and oxygen atoms in total. The molecule has 94 valence electrons. The highest BCUT2D eigenvalue weighted by atomic mass is 19.4. The molecule has 1 rings (SSSR count). The van der Waals surface area contributed by atoms with Gasteiger partial charge in [-0.1, -0.05) is 0 Å². The van der Waals surface area contributed by atoms with Gasteiger partial charge in [0, 0.05) is 11.6 Å². The van der Waals surface area contributed by atoms with Crippen molar-refractivity contribution in [2.45, 2.75) is 13.1 Å². The van der Waals surface area contributed by atoms with Gasteiger partial charge in [-0.3, -0.25) is 14.9 Å². The molecule has 0 saturated carbocycles. The van der Waals surface area contributed by atoms with Crippen LogP contribution in [0.4, 0.5) is 18.9 Å². The van der Waals surface area contributed by atoms with E-state index in [4.69, 9.17) is 5.26 Å². The monoisotopic (exact) mass is 258 g/mol. The average molecular weight is 258 g/mol. The van der Waals surface area contributed by atoms with E-state index in [1.165, 1.54) is 6.07 Å². The predicted molar refractivity (Wildman–Crippen MR) is 52.8 cm³/mol.